The van der Waals surface area contributed by atoms with Crippen LogP contribution in [0.2, 0.25) is 0 Å². The smallest absolute Gasteiger partial charge is 0.259 e. The van der Waals surface area contributed by atoms with Gasteiger partial charge in [-0.2, -0.15) is 5.10 Å². The third kappa shape index (κ3) is 5.99. The fraction of sp³-hybridized carbons (Fsp3) is 0.130. The van der Waals surface area contributed by atoms with Crippen molar-refractivity contribution in [2.75, 3.05) is 18.7 Å². The molecular weight excluding hydrogens is 462 g/mol. The van der Waals surface area contributed by atoms with Crippen molar-refractivity contribution >= 4 is 33.7 Å². The molecule has 1 heterocycles. The van der Waals surface area contributed by atoms with Crippen LogP contribution in [0.1, 0.15) is 11.1 Å². The van der Waals surface area contributed by atoms with E-state index in [-0.39, 0.29) is 19.2 Å². The molecule has 1 aliphatic heterocycles. The molecule has 0 saturated carbocycles. The van der Waals surface area contributed by atoms with Crippen molar-refractivity contribution in [3.63, 3.8) is 0 Å². The average molecular weight is 482 g/mol. The lowest BCUT2D eigenvalue weighted by molar-refractivity contribution is -0.119. The first-order chi connectivity index (χ1) is 15.2. The Morgan fingerprint density at radius 1 is 1.06 bits per heavy atom. The van der Waals surface area contributed by atoms with Crippen LogP contribution in [0, 0.1) is 0 Å². The van der Waals surface area contributed by atoms with E-state index in [0.717, 1.165) is 27.0 Å². The summed E-state index contributed by atoms with van der Waals surface area (Å²) in [4.78, 5) is 12.0. The van der Waals surface area contributed by atoms with Gasteiger partial charge in [0.25, 0.3) is 5.91 Å². The second-order valence-electron chi connectivity index (χ2n) is 6.70. The summed E-state index contributed by atoms with van der Waals surface area (Å²) in [5.74, 6) is 1.81. The Kier molecular flexibility index (Phi) is 6.68. The third-order valence-corrected chi connectivity index (χ3v) is 4.93. The van der Waals surface area contributed by atoms with E-state index in [2.05, 4.69) is 31.8 Å². The van der Waals surface area contributed by atoms with Crippen molar-refractivity contribution in [1.29, 1.82) is 0 Å². The van der Waals surface area contributed by atoms with Crippen molar-refractivity contribution in [3.8, 4) is 17.2 Å². The molecule has 158 valence electrons. The van der Waals surface area contributed by atoms with E-state index in [1.54, 1.807) is 18.3 Å². The number of ether oxygens (including phenoxy) is 3. The molecule has 1 amide bonds. The van der Waals surface area contributed by atoms with Crippen LogP contribution in [0.25, 0.3) is 0 Å². The molecule has 4 rings (SSSR count). The van der Waals surface area contributed by atoms with Crippen LogP contribution in [-0.4, -0.2) is 25.5 Å². The standard InChI is InChI=1S/C23H20BrN3O4/c24-18-6-4-16(5-7-18)14-29-20-3-1-2-17(10-20)12-26-27-23(28)13-25-19-8-9-21-22(11-19)31-15-30-21/h1-12,25H,13-15H2,(H,27,28)/b26-12+. The number of rotatable bonds is 8. The Bertz CT molecular complexity index is 1090. The first-order valence-corrected chi connectivity index (χ1v) is 10.4. The third-order valence-electron chi connectivity index (χ3n) is 4.41. The second kappa shape index (κ2) is 9.99. The summed E-state index contributed by atoms with van der Waals surface area (Å²) in [5, 5.41) is 7.03. The van der Waals surface area contributed by atoms with Gasteiger partial charge in [0.1, 0.15) is 12.4 Å². The molecule has 0 aromatic heterocycles. The lowest BCUT2D eigenvalue weighted by Gasteiger charge is -2.07. The van der Waals surface area contributed by atoms with Gasteiger partial charge in [-0.15, -0.1) is 0 Å². The quantitative estimate of drug-likeness (QED) is 0.369. The number of carbonyl (C=O) groups is 1. The number of halogens is 1. The zero-order chi connectivity index (χ0) is 21.5. The van der Waals surface area contributed by atoms with Gasteiger partial charge in [-0.1, -0.05) is 40.2 Å². The van der Waals surface area contributed by atoms with Crippen LogP contribution in [-0.2, 0) is 11.4 Å². The molecule has 0 unspecified atom stereocenters. The molecule has 2 N–H and O–H groups in total. The molecule has 0 bridgehead atoms. The molecule has 0 aliphatic carbocycles. The zero-order valence-electron chi connectivity index (χ0n) is 16.5. The Morgan fingerprint density at radius 3 is 2.77 bits per heavy atom. The van der Waals surface area contributed by atoms with E-state index >= 15 is 0 Å². The minimum atomic E-state index is -0.267. The predicted molar refractivity (Wildman–Crippen MR) is 122 cm³/mol. The summed E-state index contributed by atoms with van der Waals surface area (Å²) in [6.07, 6.45) is 1.57. The Hall–Kier alpha value is -3.52. The van der Waals surface area contributed by atoms with Crippen molar-refractivity contribution in [2.24, 2.45) is 5.10 Å². The van der Waals surface area contributed by atoms with Crippen LogP contribution in [0.5, 0.6) is 17.2 Å². The van der Waals surface area contributed by atoms with Gasteiger partial charge in [0, 0.05) is 16.2 Å². The van der Waals surface area contributed by atoms with E-state index < -0.39 is 0 Å². The lowest BCUT2D eigenvalue weighted by Crippen LogP contribution is -2.25. The van der Waals surface area contributed by atoms with Crippen molar-refractivity contribution in [1.82, 2.24) is 5.43 Å². The molecule has 0 fully saturated rings. The zero-order valence-corrected chi connectivity index (χ0v) is 18.1. The highest BCUT2D eigenvalue weighted by atomic mass is 79.9. The summed E-state index contributed by atoms with van der Waals surface area (Å²) < 4.78 is 17.4. The molecule has 0 saturated heterocycles. The molecule has 0 atom stereocenters. The number of fused-ring (bicyclic) bond motifs is 1. The number of nitrogens with one attached hydrogen (secondary N) is 2. The number of amides is 1. The number of hydrogen-bond acceptors (Lipinski definition) is 6. The average Bonchev–Trinajstić information content (AvgIpc) is 3.26. The minimum absolute atomic E-state index is 0.0767. The number of hydrazone groups is 1. The Labute approximate surface area is 188 Å². The normalized spacial score (nSPS) is 12.0. The minimum Gasteiger partial charge on any atom is -0.489 e. The van der Waals surface area contributed by atoms with Crippen molar-refractivity contribution in [3.05, 3.63) is 82.3 Å². The molecule has 8 heteroatoms. The van der Waals surface area contributed by atoms with Gasteiger partial charge < -0.3 is 19.5 Å². The molecular formula is C23H20BrN3O4. The first kappa shape index (κ1) is 20.7. The monoisotopic (exact) mass is 481 g/mol. The van der Waals surface area contributed by atoms with Gasteiger partial charge in [-0.25, -0.2) is 5.43 Å². The number of benzene rings is 3. The fourth-order valence-corrected chi connectivity index (χ4v) is 3.10. The Balaban J connectivity index is 1.24. The van der Waals surface area contributed by atoms with Crippen molar-refractivity contribution in [2.45, 2.75) is 6.61 Å². The van der Waals surface area contributed by atoms with Crippen LogP contribution >= 0.6 is 15.9 Å². The van der Waals surface area contributed by atoms with Gasteiger partial charge in [0.2, 0.25) is 6.79 Å². The summed E-state index contributed by atoms with van der Waals surface area (Å²) in [7, 11) is 0. The van der Waals surface area contributed by atoms with Gasteiger partial charge in [0.15, 0.2) is 11.5 Å². The number of hydrogen-bond donors (Lipinski definition) is 2. The van der Waals surface area contributed by atoms with Crippen LogP contribution < -0.4 is 25.0 Å². The van der Waals surface area contributed by atoms with Crippen LogP contribution in [0.4, 0.5) is 5.69 Å². The maximum absolute atomic E-state index is 12.0. The molecule has 0 spiro atoms. The van der Waals surface area contributed by atoms with Gasteiger partial charge in [0.05, 0.1) is 12.8 Å². The molecule has 1 aliphatic rings. The summed E-state index contributed by atoms with van der Waals surface area (Å²) >= 11 is 3.42. The number of carbonyl (C=O) groups excluding carboxylic acids is 1. The van der Waals surface area contributed by atoms with E-state index in [9.17, 15) is 4.79 Å². The second-order valence-corrected chi connectivity index (χ2v) is 7.62. The molecule has 3 aromatic carbocycles. The van der Waals surface area contributed by atoms with Gasteiger partial charge in [-0.3, -0.25) is 4.79 Å². The predicted octanol–water partition coefficient (Wildman–Crippen LogP) is 4.32. The van der Waals surface area contributed by atoms with E-state index in [0.29, 0.717) is 18.1 Å². The topological polar surface area (TPSA) is 81.2 Å². The first-order valence-electron chi connectivity index (χ1n) is 9.58. The SMILES string of the molecule is O=C(CNc1ccc2c(c1)OCO2)N/N=C/c1cccc(OCc2ccc(Br)cc2)c1. The van der Waals surface area contributed by atoms with E-state index in [4.69, 9.17) is 14.2 Å². The highest BCUT2D eigenvalue weighted by Crippen LogP contribution is 2.34. The highest BCUT2D eigenvalue weighted by Gasteiger charge is 2.13. The highest BCUT2D eigenvalue weighted by molar-refractivity contribution is 9.10. The van der Waals surface area contributed by atoms with Gasteiger partial charge in [-0.05, 0) is 47.5 Å². The summed E-state index contributed by atoms with van der Waals surface area (Å²) in [6, 6.07) is 20.9. The molecule has 7 nitrogen and oxygen atoms in total. The van der Waals surface area contributed by atoms with E-state index in [1.807, 2.05) is 54.6 Å². The molecule has 0 radical (unpaired) electrons. The van der Waals surface area contributed by atoms with Crippen LogP contribution in [0.15, 0.2) is 76.3 Å². The number of anilines is 1. The maximum atomic E-state index is 12.0. The van der Waals surface area contributed by atoms with E-state index in [1.165, 1.54) is 0 Å². The largest absolute Gasteiger partial charge is 0.489 e. The molecule has 31 heavy (non-hydrogen) atoms. The summed E-state index contributed by atoms with van der Waals surface area (Å²) in [6.45, 7) is 0.758. The fourth-order valence-electron chi connectivity index (χ4n) is 2.84. The Morgan fingerprint density at radius 2 is 1.90 bits per heavy atom. The number of nitrogens with zero attached hydrogens (tertiary/aromatic N) is 1. The van der Waals surface area contributed by atoms with Gasteiger partial charge >= 0.3 is 0 Å². The molecule has 3 aromatic rings. The summed E-state index contributed by atoms with van der Waals surface area (Å²) in [5.41, 5.74) is 5.16. The van der Waals surface area contributed by atoms with Crippen LogP contribution in [0.3, 0.4) is 0 Å². The lowest BCUT2D eigenvalue weighted by atomic mass is 10.2. The maximum Gasteiger partial charge on any atom is 0.259 e. The van der Waals surface area contributed by atoms with Crippen molar-refractivity contribution < 1.29 is 19.0 Å².